The van der Waals surface area contributed by atoms with Gasteiger partial charge in [0, 0.05) is 18.4 Å². The quantitative estimate of drug-likeness (QED) is 0.767. The fourth-order valence-corrected chi connectivity index (χ4v) is 4.10. The summed E-state index contributed by atoms with van der Waals surface area (Å²) in [5.74, 6) is 0.704. The molecular formula is C18H25N5O2. The van der Waals surface area contributed by atoms with Crippen LogP contribution in [0, 0.1) is 18.8 Å². The summed E-state index contributed by atoms with van der Waals surface area (Å²) in [6.45, 7) is 3.93. The van der Waals surface area contributed by atoms with E-state index in [2.05, 4.69) is 20.7 Å². The van der Waals surface area contributed by atoms with Crippen molar-refractivity contribution < 1.29 is 9.90 Å². The van der Waals surface area contributed by atoms with Crippen molar-refractivity contribution >= 4 is 11.6 Å². The van der Waals surface area contributed by atoms with Gasteiger partial charge in [0.1, 0.15) is 5.56 Å². The Labute approximate surface area is 146 Å². The minimum atomic E-state index is -0.215. The zero-order valence-electron chi connectivity index (χ0n) is 14.5. The average molecular weight is 343 g/mol. The molecule has 7 nitrogen and oxygen atoms in total. The van der Waals surface area contributed by atoms with Gasteiger partial charge in [0.25, 0.3) is 5.91 Å². The van der Waals surface area contributed by atoms with Crippen LogP contribution in [0.3, 0.4) is 0 Å². The van der Waals surface area contributed by atoms with E-state index in [1.807, 2.05) is 13.1 Å². The van der Waals surface area contributed by atoms with Gasteiger partial charge in [-0.3, -0.25) is 4.79 Å². The molecule has 2 aliphatic rings. The van der Waals surface area contributed by atoms with Crippen LogP contribution in [0.1, 0.15) is 41.6 Å². The number of nitrogens with zero attached hydrogens (tertiary/aromatic N) is 3. The number of amides is 1. The van der Waals surface area contributed by atoms with Crippen LogP contribution in [0.2, 0.25) is 0 Å². The summed E-state index contributed by atoms with van der Waals surface area (Å²) >= 11 is 0. The Morgan fingerprint density at radius 3 is 2.80 bits per heavy atom. The predicted molar refractivity (Wildman–Crippen MR) is 93.3 cm³/mol. The van der Waals surface area contributed by atoms with E-state index >= 15 is 0 Å². The lowest BCUT2D eigenvalue weighted by molar-refractivity contribution is 0.00920. The average Bonchev–Trinajstić information content (AvgIpc) is 3.01. The Balaban J connectivity index is 1.54. The molecule has 1 atom stereocenters. The molecule has 0 radical (unpaired) electrons. The van der Waals surface area contributed by atoms with E-state index in [1.165, 1.54) is 0 Å². The summed E-state index contributed by atoms with van der Waals surface area (Å²) in [4.78, 5) is 17.3. The number of piperidine rings is 1. The van der Waals surface area contributed by atoms with Gasteiger partial charge >= 0.3 is 0 Å². The maximum Gasteiger partial charge on any atom is 0.257 e. The minimum absolute atomic E-state index is 0.110. The molecular weight excluding hydrogens is 318 g/mol. The first kappa shape index (κ1) is 16.5. The highest BCUT2D eigenvalue weighted by molar-refractivity contribution is 5.99. The lowest BCUT2D eigenvalue weighted by atomic mass is 9.71. The molecule has 25 heavy (non-hydrogen) atoms. The molecule has 1 saturated carbocycles. The molecule has 1 aliphatic carbocycles. The van der Waals surface area contributed by atoms with Crippen LogP contribution < -0.4 is 10.6 Å². The van der Waals surface area contributed by atoms with Gasteiger partial charge < -0.3 is 15.7 Å². The SMILES string of the molecule is Cc1cnc2c(C(=O)NC(C3CCNCC3)C3CC(O)C3)cnn2c1. The maximum absolute atomic E-state index is 12.9. The van der Waals surface area contributed by atoms with Crippen LogP contribution in [0.5, 0.6) is 0 Å². The number of hydrogen-bond donors (Lipinski definition) is 3. The highest BCUT2D eigenvalue weighted by Crippen LogP contribution is 2.36. The van der Waals surface area contributed by atoms with E-state index in [9.17, 15) is 9.90 Å². The van der Waals surface area contributed by atoms with Gasteiger partial charge in [-0.25, -0.2) is 9.50 Å². The fraction of sp³-hybridized carbons (Fsp3) is 0.611. The van der Waals surface area contributed by atoms with Crippen LogP contribution in [0.4, 0.5) is 0 Å². The molecule has 0 spiro atoms. The topological polar surface area (TPSA) is 91.5 Å². The molecule has 2 fully saturated rings. The molecule has 7 heteroatoms. The van der Waals surface area contributed by atoms with Gasteiger partial charge in [0.05, 0.1) is 12.3 Å². The largest absolute Gasteiger partial charge is 0.393 e. The summed E-state index contributed by atoms with van der Waals surface area (Å²) < 4.78 is 1.65. The zero-order chi connectivity index (χ0) is 17.4. The second kappa shape index (κ2) is 6.72. The van der Waals surface area contributed by atoms with Gasteiger partial charge in [-0.15, -0.1) is 0 Å². The second-order valence-electron chi connectivity index (χ2n) is 7.43. The standard InChI is InChI=1S/C18H25N5O2/c1-11-8-20-17-15(9-21-23(17)10-11)18(25)22-16(13-6-14(24)7-13)12-2-4-19-5-3-12/h8-10,12-14,16,19,24H,2-7H2,1H3,(H,22,25). The number of nitrogens with one attached hydrogen (secondary N) is 2. The fourth-order valence-electron chi connectivity index (χ4n) is 4.10. The summed E-state index contributed by atoms with van der Waals surface area (Å²) in [6.07, 6.45) is 8.67. The molecule has 4 rings (SSSR count). The molecule has 3 N–H and O–H groups in total. The van der Waals surface area contributed by atoms with Gasteiger partial charge in [0.15, 0.2) is 5.65 Å². The van der Waals surface area contributed by atoms with Gasteiger partial charge in [0.2, 0.25) is 0 Å². The number of rotatable bonds is 4. The van der Waals surface area contributed by atoms with E-state index in [4.69, 9.17) is 0 Å². The van der Waals surface area contributed by atoms with Crippen molar-refractivity contribution in [2.75, 3.05) is 13.1 Å². The molecule has 2 aromatic heterocycles. The van der Waals surface area contributed by atoms with Crippen molar-refractivity contribution in [3.8, 4) is 0 Å². The molecule has 1 amide bonds. The van der Waals surface area contributed by atoms with Gasteiger partial charge in [-0.05, 0) is 63.1 Å². The van der Waals surface area contributed by atoms with Gasteiger partial charge in [-0.1, -0.05) is 0 Å². The Morgan fingerprint density at radius 2 is 2.08 bits per heavy atom. The van der Waals surface area contributed by atoms with Crippen LogP contribution in [-0.4, -0.2) is 50.8 Å². The number of aromatic nitrogens is 3. The number of aliphatic hydroxyl groups excluding tert-OH is 1. The normalized spacial score (nSPS) is 25.5. The number of carbonyl (C=O) groups is 1. The molecule has 2 aromatic rings. The molecule has 1 aliphatic heterocycles. The molecule has 1 unspecified atom stereocenters. The van der Waals surface area contributed by atoms with Crippen molar-refractivity contribution in [3.05, 3.63) is 29.7 Å². The highest BCUT2D eigenvalue weighted by Gasteiger charge is 2.39. The van der Waals surface area contributed by atoms with Crippen molar-refractivity contribution in [2.45, 2.75) is 44.8 Å². The number of aryl methyl sites for hydroxylation is 1. The lowest BCUT2D eigenvalue weighted by Crippen LogP contribution is -2.52. The van der Waals surface area contributed by atoms with Crippen molar-refractivity contribution in [3.63, 3.8) is 0 Å². The van der Waals surface area contributed by atoms with Gasteiger partial charge in [-0.2, -0.15) is 5.10 Å². The minimum Gasteiger partial charge on any atom is -0.393 e. The smallest absolute Gasteiger partial charge is 0.257 e. The van der Waals surface area contributed by atoms with Crippen LogP contribution in [0.25, 0.3) is 5.65 Å². The van der Waals surface area contributed by atoms with E-state index < -0.39 is 0 Å². The summed E-state index contributed by atoms with van der Waals surface area (Å²) in [7, 11) is 0. The third-order valence-corrected chi connectivity index (χ3v) is 5.58. The van der Waals surface area contributed by atoms with Crippen molar-refractivity contribution in [1.29, 1.82) is 0 Å². The molecule has 3 heterocycles. The Kier molecular flexibility index (Phi) is 4.43. The number of hydrogen-bond acceptors (Lipinski definition) is 5. The zero-order valence-corrected chi connectivity index (χ0v) is 14.5. The maximum atomic E-state index is 12.9. The highest BCUT2D eigenvalue weighted by atomic mass is 16.3. The first-order valence-electron chi connectivity index (χ1n) is 9.11. The third kappa shape index (κ3) is 3.26. The Hall–Kier alpha value is -1.99. The van der Waals surface area contributed by atoms with E-state index in [0.717, 1.165) is 44.3 Å². The lowest BCUT2D eigenvalue weighted by Gasteiger charge is -2.43. The first-order chi connectivity index (χ1) is 12.1. The van der Waals surface area contributed by atoms with Crippen molar-refractivity contribution in [2.24, 2.45) is 11.8 Å². The van der Waals surface area contributed by atoms with Crippen LogP contribution >= 0.6 is 0 Å². The summed E-state index contributed by atoms with van der Waals surface area (Å²) in [5, 5.41) is 20.6. The first-order valence-corrected chi connectivity index (χ1v) is 9.11. The number of aliphatic hydroxyl groups is 1. The summed E-state index contributed by atoms with van der Waals surface area (Å²) in [5.41, 5.74) is 2.10. The third-order valence-electron chi connectivity index (χ3n) is 5.58. The monoisotopic (exact) mass is 343 g/mol. The predicted octanol–water partition coefficient (Wildman–Crippen LogP) is 0.907. The Bertz CT molecular complexity index is 762. The molecule has 0 aromatic carbocycles. The van der Waals surface area contributed by atoms with Crippen LogP contribution in [-0.2, 0) is 0 Å². The molecule has 134 valence electrons. The van der Waals surface area contributed by atoms with E-state index in [1.54, 1.807) is 16.9 Å². The molecule has 1 saturated heterocycles. The summed E-state index contributed by atoms with van der Waals surface area (Å²) in [6, 6.07) is 0.110. The van der Waals surface area contributed by atoms with Crippen molar-refractivity contribution in [1.82, 2.24) is 25.2 Å². The number of carbonyl (C=O) groups excluding carboxylic acids is 1. The van der Waals surface area contributed by atoms with E-state index in [-0.39, 0.29) is 18.1 Å². The molecule has 0 bridgehead atoms. The number of fused-ring (bicyclic) bond motifs is 1. The van der Waals surface area contributed by atoms with E-state index in [0.29, 0.717) is 23.0 Å². The Morgan fingerprint density at radius 1 is 1.32 bits per heavy atom. The second-order valence-corrected chi connectivity index (χ2v) is 7.43. The van der Waals surface area contributed by atoms with Crippen LogP contribution in [0.15, 0.2) is 18.6 Å².